The lowest BCUT2D eigenvalue weighted by molar-refractivity contribution is 0.541. The molecule has 1 aliphatic carbocycles. The maximum absolute atomic E-state index is 13.5. The van der Waals surface area contributed by atoms with Crippen LogP contribution in [0.25, 0.3) is 0 Å². The summed E-state index contributed by atoms with van der Waals surface area (Å²) in [4.78, 5) is 0. The van der Waals surface area contributed by atoms with E-state index in [1.807, 2.05) is 7.05 Å². The zero-order valence-electron chi connectivity index (χ0n) is 8.76. The highest BCUT2D eigenvalue weighted by atomic mass is 19.1. The molecule has 1 nitrogen and oxygen atoms in total. The quantitative estimate of drug-likeness (QED) is 0.793. The molecule has 0 amide bonds. The molecule has 1 saturated carbocycles. The summed E-state index contributed by atoms with van der Waals surface area (Å²) in [6.07, 6.45) is 2.99. The molecule has 1 aromatic carbocycles. The van der Waals surface area contributed by atoms with Gasteiger partial charge in [0.1, 0.15) is 11.6 Å². The van der Waals surface area contributed by atoms with E-state index in [1.54, 1.807) is 6.07 Å². The Morgan fingerprint density at radius 3 is 2.67 bits per heavy atom. The van der Waals surface area contributed by atoms with Crippen molar-refractivity contribution < 1.29 is 8.78 Å². The highest BCUT2D eigenvalue weighted by Gasteiger charge is 2.26. The van der Waals surface area contributed by atoms with Crippen LogP contribution >= 0.6 is 0 Å². The van der Waals surface area contributed by atoms with Gasteiger partial charge in [0.05, 0.1) is 0 Å². The zero-order valence-corrected chi connectivity index (χ0v) is 8.76. The summed E-state index contributed by atoms with van der Waals surface area (Å²) in [5, 5.41) is 3.20. The van der Waals surface area contributed by atoms with Crippen molar-refractivity contribution in [1.82, 2.24) is 5.32 Å². The SMILES string of the molecule is CNC1CCC(c2ccc(F)cc2F)C1. The lowest BCUT2D eigenvalue weighted by atomic mass is 9.97. The second-order valence-corrected chi connectivity index (χ2v) is 4.16. The molecule has 15 heavy (non-hydrogen) atoms. The molecule has 2 atom stereocenters. The molecule has 0 aromatic heterocycles. The summed E-state index contributed by atoms with van der Waals surface area (Å²) in [6, 6.07) is 4.36. The Balaban J connectivity index is 2.17. The zero-order chi connectivity index (χ0) is 10.8. The predicted octanol–water partition coefficient (Wildman–Crippen LogP) is 2.82. The number of hydrogen-bond donors (Lipinski definition) is 1. The number of nitrogens with one attached hydrogen (secondary N) is 1. The monoisotopic (exact) mass is 211 g/mol. The summed E-state index contributed by atoms with van der Waals surface area (Å²) in [5.41, 5.74) is 0.661. The van der Waals surface area contributed by atoms with E-state index >= 15 is 0 Å². The van der Waals surface area contributed by atoms with Crippen molar-refractivity contribution in [3.8, 4) is 0 Å². The third kappa shape index (κ3) is 2.17. The van der Waals surface area contributed by atoms with E-state index in [2.05, 4.69) is 5.32 Å². The van der Waals surface area contributed by atoms with Gasteiger partial charge >= 0.3 is 0 Å². The maximum Gasteiger partial charge on any atom is 0.129 e. The smallest absolute Gasteiger partial charge is 0.129 e. The van der Waals surface area contributed by atoms with Gasteiger partial charge in [0.25, 0.3) is 0 Å². The summed E-state index contributed by atoms with van der Waals surface area (Å²) < 4.78 is 26.2. The van der Waals surface area contributed by atoms with Crippen LogP contribution in [-0.4, -0.2) is 13.1 Å². The highest BCUT2D eigenvalue weighted by molar-refractivity contribution is 5.24. The number of rotatable bonds is 2. The second kappa shape index (κ2) is 4.27. The summed E-state index contributed by atoms with van der Waals surface area (Å²) in [6.45, 7) is 0. The molecule has 1 aromatic rings. The lowest BCUT2D eigenvalue weighted by Crippen LogP contribution is -2.21. The maximum atomic E-state index is 13.5. The fraction of sp³-hybridized carbons (Fsp3) is 0.500. The Bertz CT molecular complexity index is 351. The number of halogens is 2. The standard InChI is InChI=1S/C12H15F2N/c1-15-10-4-2-8(6-10)11-5-3-9(13)7-12(11)14/h3,5,7-8,10,15H,2,4,6H2,1H3. The highest BCUT2D eigenvalue weighted by Crippen LogP contribution is 2.35. The van der Waals surface area contributed by atoms with Gasteiger partial charge in [-0.15, -0.1) is 0 Å². The normalized spacial score (nSPS) is 25.8. The Labute approximate surface area is 88.5 Å². The minimum absolute atomic E-state index is 0.239. The van der Waals surface area contributed by atoms with E-state index in [1.165, 1.54) is 6.07 Å². The second-order valence-electron chi connectivity index (χ2n) is 4.16. The van der Waals surface area contributed by atoms with Gasteiger partial charge in [0.15, 0.2) is 0 Å². The summed E-state index contributed by atoms with van der Waals surface area (Å²) in [7, 11) is 1.92. The Morgan fingerprint density at radius 1 is 1.27 bits per heavy atom. The van der Waals surface area contributed by atoms with Gasteiger partial charge in [-0.2, -0.15) is 0 Å². The van der Waals surface area contributed by atoms with Gasteiger partial charge in [0, 0.05) is 12.1 Å². The molecule has 2 unspecified atom stereocenters. The third-order valence-electron chi connectivity index (χ3n) is 3.24. The molecule has 0 saturated heterocycles. The summed E-state index contributed by atoms with van der Waals surface area (Å²) >= 11 is 0. The van der Waals surface area contributed by atoms with E-state index in [-0.39, 0.29) is 5.92 Å². The van der Waals surface area contributed by atoms with Gasteiger partial charge < -0.3 is 5.32 Å². The molecule has 0 radical (unpaired) electrons. The van der Waals surface area contributed by atoms with Crippen molar-refractivity contribution in [1.29, 1.82) is 0 Å². The molecule has 0 heterocycles. The van der Waals surface area contributed by atoms with Crippen molar-refractivity contribution in [2.75, 3.05) is 7.05 Å². The average molecular weight is 211 g/mol. The van der Waals surface area contributed by atoms with Gasteiger partial charge in [-0.25, -0.2) is 8.78 Å². The molecule has 0 spiro atoms. The fourth-order valence-electron chi connectivity index (χ4n) is 2.36. The van der Waals surface area contributed by atoms with Crippen LogP contribution in [0.5, 0.6) is 0 Å². The molecule has 0 bridgehead atoms. The Kier molecular flexibility index (Phi) is 3.00. The van der Waals surface area contributed by atoms with Crippen LogP contribution in [0, 0.1) is 11.6 Å². The molecular weight excluding hydrogens is 196 g/mol. The third-order valence-corrected chi connectivity index (χ3v) is 3.24. The van der Waals surface area contributed by atoms with Crippen molar-refractivity contribution in [2.24, 2.45) is 0 Å². The first-order chi connectivity index (χ1) is 7.20. The van der Waals surface area contributed by atoms with Crippen LogP contribution in [-0.2, 0) is 0 Å². The Morgan fingerprint density at radius 2 is 2.07 bits per heavy atom. The molecule has 82 valence electrons. The molecule has 3 heteroatoms. The lowest BCUT2D eigenvalue weighted by Gasteiger charge is -2.12. The average Bonchev–Trinajstić information content (AvgIpc) is 2.66. The van der Waals surface area contributed by atoms with E-state index in [0.29, 0.717) is 11.6 Å². The number of benzene rings is 1. The van der Waals surface area contributed by atoms with Crippen LogP contribution in [0.15, 0.2) is 18.2 Å². The number of hydrogen-bond acceptors (Lipinski definition) is 1. The van der Waals surface area contributed by atoms with Crippen LogP contribution < -0.4 is 5.32 Å². The minimum atomic E-state index is -0.501. The summed E-state index contributed by atoms with van der Waals surface area (Å²) in [5.74, 6) is -0.667. The predicted molar refractivity (Wildman–Crippen MR) is 55.8 cm³/mol. The first kappa shape index (κ1) is 10.6. The molecule has 2 rings (SSSR count). The van der Waals surface area contributed by atoms with Crippen molar-refractivity contribution in [2.45, 2.75) is 31.2 Å². The van der Waals surface area contributed by atoms with Gasteiger partial charge in [-0.3, -0.25) is 0 Å². The molecule has 0 aliphatic heterocycles. The van der Waals surface area contributed by atoms with Crippen molar-refractivity contribution in [3.63, 3.8) is 0 Å². The van der Waals surface area contributed by atoms with E-state index in [9.17, 15) is 8.78 Å². The van der Waals surface area contributed by atoms with Crippen LogP contribution in [0.4, 0.5) is 8.78 Å². The Hall–Kier alpha value is -0.960. The first-order valence-corrected chi connectivity index (χ1v) is 5.33. The van der Waals surface area contributed by atoms with Crippen molar-refractivity contribution in [3.05, 3.63) is 35.4 Å². The van der Waals surface area contributed by atoms with E-state index in [4.69, 9.17) is 0 Å². The molecule has 1 N–H and O–H groups in total. The van der Waals surface area contributed by atoms with Gasteiger partial charge in [-0.1, -0.05) is 6.07 Å². The molecular formula is C12H15F2N. The van der Waals surface area contributed by atoms with E-state index < -0.39 is 11.6 Å². The van der Waals surface area contributed by atoms with Crippen LogP contribution in [0.3, 0.4) is 0 Å². The van der Waals surface area contributed by atoms with Crippen LogP contribution in [0.1, 0.15) is 30.7 Å². The fourth-order valence-corrected chi connectivity index (χ4v) is 2.36. The first-order valence-electron chi connectivity index (χ1n) is 5.33. The van der Waals surface area contributed by atoms with Crippen LogP contribution in [0.2, 0.25) is 0 Å². The van der Waals surface area contributed by atoms with Crippen molar-refractivity contribution >= 4 is 0 Å². The molecule has 1 fully saturated rings. The van der Waals surface area contributed by atoms with E-state index in [0.717, 1.165) is 25.3 Å². The van der Waals surface area contributed by atoms with Gasteiger partial charge in [-0.05, 0) is 43.9 Å². The molecule has 1 aliphatic rings. The largest absolute Gasteiger partial charge is 0.317 e. The topological polar surface area (TPSA) is 12.0 Å². The minimum Gasteiger partial charge on any atom is -0.317 e. The van der Waals surface area contributed by atoms with Gasteiger partial charge in [0.2, 0.25) is 0 Å².